The summed E-state index contributed by atoms with van der Waals surface area (Å²) >= 11 is 0. The van der Waals surface area contributed by atoms with Gasteiger partial charge < -0.3 is 10.4 Å². The van der Waals surface area contributed by atoms with Crippen molar-refractivity contribution in [3.63, 3.8) is 0 Å². The largest absolute Gasteiger partial charge is 0.480 e. The number of rotatable bonds is 5. The Morgan fingerprint density at radius 2 is 1.81 bits per heavy atom. The van der Waals surface area contributed by atoms with Crippen LogP contribution in [0.3, 0.4) is 0 Å². The summed E-state index contributed by atoms with van der Waals surface area (Å²) < 4.78 is 26.9. The molecule has 3 aromatic rings. The first-order valence-corrected chi connectivity index (χ1v) is 7.64. The molecule has 8 heteroatoms. The molecule has 6 nitrogen and oxygen atoms in total. The molecule has 0 unspecified atom stereocenters. The minimum atomic E-state index is -1.37. The van der Waals surface area contributed by atoms with Gasteiger partial charge in [0.15, 0.2) is 11.6 Å². The van der Waals surface area contributed by atoms with Crippen LogP contribution in [-0.4, -0.2) is 33.0 Å². The molecule has 2 N–H and O–H groups in total. The number of nitrogens with zero attached hydrogens (tertiary/aromatic N) is 2. The lowest BCUT2D eigenvalue weighted by Crippen LogP contribution is -2.42. The maximum absolute atomic E-state index is 13.7. The van der Waals surface area contributed by atoms with Crippen molar-refractivity contribution in [2.24, 2.45) is 0 Å². The van der Waals surface area contributed by atoms with Gasteiger partial charge in [0.1, 0.15) is 6.04 Å². The monoisotopic (exact) mass is 357 g/mol. The second-order valence-corrected chi connectivity index (χ2v) is 5.52. The first-order chi connectivity index (χ1) is 12.5. The van der Waals surface area contributed by atoms with E-state index in [2.05, 4.69) is 15.3 Å². The summed E-state index contributed by atoms with van der Waals surface area (Å²) in [5, 5.41) is 11.5. The van der Waals surface area contributed by atoms with Crippen LogP contribution in [-0.2, 0) is 11.2 Å². The summed E-state index contributed by atoms with van der Waals surface area (Å²) in [6, 6.07) is 8.78. The molecule has 1 amide bonds. The molecule has 2 aromatic carbocycles. The number of amides is 1. The second kappa shape index (κ2) is 7.22. The predicted molar refractivity (Wildman–Crippen MR) is 88.5 cm³/mol. The van der Waals surface area contributed by atoms with Crippen LogP contribution in [0.4, 0.5) is 8.78 Å². The van der Waals surface area contributed by atoms with Crippen LogP contribution < -0.4 is 5.32 Å². The number of aliphatic carboxylic acids is 1. The number of fused-ring (bicyclic) bond motifs is 1. The van der Waals surface area contributed by atoms with E-state index >= 15 is 0 Å². The molecule has 0 spiro atoms. The van der Waals surface area contributed by atoms with Crippen molar-refractivity contribution in [1.29, 1.82) is 0 Å². The molecule has 0 radical (unpaired) electrons. The number of nitrogens with one attached hydrogen (secondary N) is 1. The van der Waals surface area contributed by atoms with Gasteiger partial charge >= 0.3 is 5.97 Å². The molecule has 1 atom stereocenters. The van der Waals surface area contributed by atoms with Crippen molar-refractivity contribution >= 4 is 22.9 Å². The van der Waals surface area contributed by atoms with E-state index in [1.807, 2.05) is 0 Å². The number of aromatic nitrogens is 2. The predicted octanol–water partition coefficient (Wildman–Crippen LogP) is 2.33. The summed E-state index contributed by atoms with van der Waals surface area (Å²) in [6.07, 6.45) is 1.25. The molecule has 0 bridgehead atoms. The third kappa shape index (κ3) is 3.64. The Morgan fingerprint density at radius 1 is 1.08 bits per heavy atom. The minimum absolute atomic E-state index is 0.157. The number of carboxylic acids is 1. The lowest BCUT2D eigenvalue weighted by Gasteiger charge is -2.14. The van der Waals surface area contributed by atoms with Gasteiger partial charge in [-0.3, -0.25) is 9.78 Å². The number of para-hydroxylation sites is 2. The van der Waals surface area contributed by atoms with Gasteiger partial charge in [-0.05, 0) is 24.3 Å². The number of halogens is 2. The molecule has 0 aliphatic heterocycles. The zero-order valence-corrected chi connectivity index (χ0v) is 13.3. The van der Waals surface area contributed by atoms with Crippen molar-refractivity contribution in [1.82, 2.24) is 15.3 Å². The minimum Gasteiger partial charge on any atom is -0.480 e. The SMILES string of the molecule is O=C(N[C@@H](Cc1cnc2ccccc2n1)C(=O)O)c1cccc(F)c1F. The van der Waals surface area contributed by atoms with Gasteiger partial charge in [0, 0.05) is 12.6 Å². The molecule has 0 saturated heterocycles. The number of hydrogen-bond acceptors (Lipinski definition) is 4. The molecule has 0 fully saturated rings. The smallest absolute Gasteiger partial charge is 0.326 e. The van der Waals surface area contributed by atoms with Crippen molar-refractivity contribution in [2.75, 3.05) is 0 Å². The first kappa shape index (κ1) is 17.4. The highest BCUT2D eigenvalue weighted by atomic mass is 19.2. The van der Waals surface area contributed by atoms with E-state index in [4.69, 9.17) is 0 Å². The van der Waals surface area contributed by atoms with Gasteiger partial charge in [0.2, 0.25) is 0 Å². The van der Waals surface area contributed by atoms with Crippen molar-refractivity contribution < 1.29 is 23.5 Å². The zero-order chi connectivity index (χ0) is 18.7. The summed E-state index contributed by atoms with van der Waals surface area (Å²) in [5.41, 5.74) is 1.00. The molecule has 0 saturated carbocycles. The van der Waals surface area contributed by atoms with E-state index in [9.17, 15) is 23.5 Å². The van der Waals surface area contributed by atoms with Gasteiger partial charge in [-0.1, -0.05) is 18.2 Å². The third-order valence-electron chi connectivity index (χ3n) is 3.71. The highest BCUT2D eigenvalue weighted by molar-refractivity contribution is 5.96. The van der Waals surface area contributed by atoms with E-state index in [-0.39, 0.29) is 6.42 Å². The van der Waals surface area contributed by atoms with Gasteiger partial charge in [-0.2, -0.15) is 0 Å². The van der Waals surface area contributed by atoms with Crippen LogP contribution in [0, 0.1) is 11.6 Å². The van der Waals surface area contributed by atoms with Crippen LogP contribution in [0.2, 0.25) is 0 Å². The lowest BCUT2D eigenvalue weighted by atomic mass is 10.1. The van der Waals surface area contributed by atoms with Gasteiger partial charge in [0.05, 0.1) is 22.3 Å². The summed E-state index contributed by atoms with van der Waals surface area (Å²) in [6.45, 7) is 0. The molecular formula is C18H13F2N3O3. The van der Waals surface area contributed by atoms with E-state index < -0.39 is 35.1 Å². The maximum Gasteiger partial charge on any atom is 0.326 e. The fourth-order valence-electron chi connectivity index (χ4n) is 2.42. The van der Waals surface area contributed by atoms with Crippen molar-refractivity contribution in [3.8, 4) is 0 Å². The normalized spacial score (nSPS) is 11.9. The molecule has 0 aliphatic rings. The maximum atomic E-state index is 13.7. The van der Waals surface area contributed by atoms with Crippen LogP contribution in [0.25, 0.3) is 11.0 Å². The molecule has 1 heterocycles. The first-order valence-electron chi connectivity index (χ1n) is 7.64. The second-order valence-electron chi connectivity index (χ2n) is 5.52. The van der Waals surface area contributed by atoms with Gasteiger partial charge in [-0.25, -0.2) is 18.6 Å². The Kier molecular flexibility index (Phi) is 4.83. The van der Waals surface area contributed by atoms with Crippen LogP contribution in [0.5, 0.6) is 0 Å². The number of hydrogen-bond donors (Lipinski definition) is 2. The Bertz CT molecular complexity index is 994. The number of carbonyl (C=O) groups is 2. The Morgan fingerprint density at radius 3 is 2.54 bits per heavy atom. The number of benzene rings is 2. The standard InChI is InChI=1S/C18H13F2N3O3/c19-12-5-3-4-11(16(12)20)17(24)23-15(18(25)26)8-10-9-21-13-6-1-2-7-14(13)22-10/h1-7,9,15H,8H2,(H,23,24)(H,25,26)/t15-/m0/s1. The fourth-order valence-corrected chi connectivity index (χ4v) is 2.42. The topological polar surface area (TPSA) is 92.2 Å². The van der Waals surface area contributed by atoms with E-state index in [0.29, 0.717) is 16.7 Å². The molecule has 132 valence electrons. The lowest BCUT2D eigenvalue weighted by molar-refractivity contribution is -0.139. The Labute approximate surface area is 146 Å². The van der Waals surface area contributed by atoms with E-state index in [1.54, 1.807) is 24.3 Å². The molecule has 26 heavy (non-hydrogen) atoms. The molecule has 0 aliphatic carbocycles. The van der Waals surface area contributed by atoms with E-state index in [1.165, 1.54) is 6.20 Å². The highest BCUT2D eigenvalue weighted by Crippen LogP contribution is 2.13. The zero-order valence-electron chi connectivity index (χ0n) is 13.3. The average Bonchev–Trinajstić information content (AvgIpc) is 2.63. The third-order valence-corrected chi connectivity index (χ3v) is 3.71. The quantitative estimate of drug-likeness (QED) is 0.731. The van der Waals surface area contributed by atoms with E-state index in [0.717, 1.165) is 18.2 Å². The summed E-state index contributed by atoms with van der Waals surface area (Å²) in [5.74, 6) is -4.88. The van der Waals surface area contributed by atoms with Gasteiger partial charge in [0.25, 0.3) is 5.91 Å². The van der Waals surface area contributed by atoms with Crippen molar-refractivity contribution in [2.45, 2.75) is 12.5 Å². The molecule has 1 aromatic heterocycles. The molecule has 3 rings (SSSR count). The Balaban J connectivity index is 1.81. The highest BCUT2D eigenvalue weighted by Gasteiger charge is 2.24. The van der Waals surface area contributed by atoms with Crippen LogP contribution >= 0.6 is 0 Å². The average molecular weight is 357 g/mol. The Hall–Kier alpha value is -3.42. The molecular weight excluding hydrogens is 344 g/mol. The van der Waals surface area contributed by atoms with Gasteiger partial charge in [-0.15, -0.1) is 0 Å². The fraction of sp³-hybridized carbons (Fsp3) is 0.111. The van der Waals surface area contributed by atoms with Crippen molar-refractivity contribution in [3.05, 3.63) is 71.6 Å². The summed E-state index contributed by atoms with van der Waals surface area (Å²) in [4.78, 5) is 32.1. The number of carbonyl (C=O) groups excluding carboxylic acids is 1. The summed E-state index contributed by atoms with van der Waals surface area (Å²) in [7, 11) is 0. The van der Waals surface area contributed by atoms with Crippen LogP contribution in [0.1, 0.15) is 16.1 Å². The van der Waals surface area contributed by atoms with Crippen LogP contribution in [0.15, 0.2) is 48.7 Å². The number of carboxylic acid groups (broad SMARTS) is 1.